The molecule has 0 aliphatic heterocycles. The Labute approximate surface area is 148 Å². The summed E-state index contributed by atoms with van der Waals surface area (Å²) in [6.07, 6.45) is 0.0160. The highest BCUT2D eigenvalue weighted by atomic mass is 32.2. The van der Waals surface area contributed by atoms with Crippen LogP contribution in [0.1, 0.15) is 17.5 Å². The lowest BCUT2D eigenvalue weighted by Gasteiger charge is -2.11. The zero-order valence-electron chi connectivity index (χ0n) is 14.5. The number of carbonyl (C=O) groups is 1. The summed E-state index contributed by atoms with van der Waals surface area (Å²) in [5.74, 6) is 0.250. The number of benzene rings is 2. The SMILES string of the molecule is COc1ccccc1NC(=O)CCNS(=O)(=O)c1cc(C)ccc1C. The number of rotatable bonds is 7. The van der Waals surface area contributed by atoms with E-state index in [1.165, 1.54) is 7.11 Å². The molecule has 6 nitrogen and oxygen atoms in total. The molecule has 1 amide bonds. The van der Waals surface area contributed by atoms with Crippen molar-refractivity contribution in [3.8, 4) is 5.75 Å². The standard InChI is InChI=1S/C18H22N2O4S/c1-13-8-9-14(2)17(12-13)25(22,23)19-11-10-18(21)20-15-6-4-5-7-16(15)24-3/h4-9,12,19H,10-11H2,1-3H3,(H,20,21). The number of para-hydroxylation sites is 2. The van der Waals surface area contributed by atoms with Gasteiger partial charge in [0.15, 0.2) is 0 Å². The molecule has 0 unspecified atom stereocenters. The molecular weight excluding hydrogens is 340 g/mol. The number of sulfonamides is 1. The Balaban J connectivity index is 1.95. The molecule has 2 aromatic carbocycles. The van der Waals surface area contributed by atoms with Crippen molar-refractivity contribution in [2.45, 2.75) is 25.2 Å². The summed E-state index contributed by atoms with van der Waals surface area (Å²) >= 11 is 0. The van der Waals surface area contributed by atoms with Crippen molar-refractivity contribution < 1.29 is 17.9 Å². The smallest absolute Gasteiger partial charge is 0.240 e. The average molecular weight is 362 g/mol. The zero-order valence-corrected chi connectivity index (χ0v) is 15.3. The van der Waals surface area contributed by atoms with Gasteiger partial charge >= 0.3 is 0 Å². The number of hydrogen-bond acceptors (Lipinski definition) is 4. The van der Waals surface area contributed by atoms with Gasteiger partial charge in [0.1, 0.15) is 5.75 Å². The van der Waals surface area contributed by atoms with Crippen LogP contribution in [0.5, 0.6) is 5.75 Å². The second-order valence-electron chi connectivity index (χ2n) is 5.67. The van der Waals surface area contributed by atoms with Crippen LogP contribution in [0.2, 0.25) is 0 Å². The van der Waals surface area contributed by atoms with E-state index in [4.69, 9.17) is 4.74 Å². The summed E-state index contributed by atoms with van der Waals surface area (Å²) in [5.41, 5.74) is 2.07. The summed E-state index contributed by atoms with van der Waals surface area (Å²) in [6, 6.07) is 12.3. The molecule has 0 saturated heterocycles. The summed E-state index contributed by atoms with van der Waals surface area (Å²) in [7, 11) is -2.13. The fraction of sp³-hybridized carbons (Fsp3) is 0.278. The van der Waals surface area contributed by atoms with E-state index in [0.717, 1.165) is 5.56 Å². The van der Waals surface area contributed by atoms with Gasteiger partial charge in [-0.25, -0.2) is 13.1 Å². The first-order chi connectivity index (χ1) is 11.8. The summed E-state index contributed by atoms with van der Waals surface area (Å²) < 4.78 is 32.4. The third kappa shape index (κ3) is 5.04. The number of carbonyl (C=O) groups excluding carboxylic acids is 1. The summed E-state index contributed by atoms with van der Waals surface area (Å²) in [4.78, 5) is 12.3. The Morgan fingerprint density at radius 1 is 1.12 bits per heavy atom. The van der Waals surface area contributed by atoms with Crippen molar-refractivity contribution in [3.05, 3.63) is 53.6 Å². The summed E-state index contributed by atoms with van der Waals surface area (Å²) in [5, 5.41) is 2.71. The number of methoxy groups -OCH3 is 1. The zero-order chi connectivity index (χ0) is 18.4. The molecule has 7 heteroatoms. The van der Waals surface area contributed by atoms with E-state index in [2.05, 4.69) is 10.0 Å². The van der Waals surface area contributed by atoms with E-state index < -0.39 is 10.0 Å². The maximum absolute atomic E-state index is 12.4. The van der Waals surface area contributed by atoms with Crippen LogP contribution in [-0.4, -0.2) is 28.0 Å². The van der Waals surface area contributed by atoms with Crippen LogP contribution >= 0.6 is 0 Å². The minimum Gasteiger partial charge on any atom is -0.495 e. The maximum atomic E-state index is 12.4. The van der Waals surface area contributed by atoms with Gasteiger partial charge in [-0.1, -0.05) is 24.3 Å². The first-order valence-electron chi connectivity index (χ1n) is 7.83. The highest BCUT2D eigenvalue weighted by molar-refractivity contribution is 7.89. The molecule has 2 aromatic rings. The van der Waals surface area contributed by atoms with Gasteiger partial charge in [-0.2, -0.15) is 0 Å². The minimum atomic E-state index is -3.65. The Bertz CT molecular complexity index is 863. The lowest BCUT2D eigenvalue weighted by molar-refractivity contribution is -0.116. The van der Waals surface area contributed by atoms with Crippen molar-refractivity contribution in [2.24, 2.45) is 0 Å². The molecule has 134 valence electrons. The number of aryl methyl sites for hydroxylation is 2. The van der Waals surface area contributed by atoms with Gasteiger partial charge in [-0.05, 0) is 43.2 Å². The highest BCUT2D eigenvalue weighted by Crippen LogP contribution is 2.23. The van der Waals surface area contributed by atoms with Crippen molar-refractivity contribution >= 4 is 21.6 Å². The molecule has 0 heterocycles. The average Bonchev–Trinajstić information content (AvgIpc) is 2.57. The lowest BCUT2D eigenvalue weighted by atomic mass is 10.2. The van der Waals surface area contributed by atoms with Gasteiger partial charge in [0.25, 0.3) is 0 Å². The molecule has 2 rings (SSSR count). The fourth-order valence-corrected chi connectivity index (χ4v) is 3.69. The number of nitrogens with one attached hydrogen (secondary N) is 2. The molecule has 0 atom stereocenters. The minimum absolute atomic E-state index is 0.0106. The first-order valence-corrected chi connectivity index (χ1v) is 9.31. The van der Waals surface area contributed by atoms with Crippen molar-refractivity contribution in [3.63, 3.8) is 0 Å². The van der Waals surface area contributed by atoms with E-state index in [9.17, 15) is 13.2 Å². The largest absolute Gasteiger partial charge is 0.495 e. The van der Waals surface area contributed by atoms with Crippen molar-refractivity contribution in [2.75, 3.05) is 19.0 Å². The Morgan fingerprint density at radius 2 is 1.84 bits per heavy atom. The van der Waals surface area contributed by atoms with E-state index in [-0.39, 0.29) is 23.8 Å². The third-order valence-corrected chi connectivity index (χ3v) is 5.26. The number of hydrogen-bond donors (Lipinski definition) is 2. The van der Waals surface area contributed by atoms with Crippen molar-refractivity contribution in [1.82, 2.24) is 4.72 Å². The predicted molar refractivity (Wildman–Crippen MR) is 97.3 cm³/mol. The van der Waals surface area contributed by atoms with Crippen LogP contribution in [-0.2, 0) is 14.8 Å². The second kappa shape index (κ2) is 8.13. The van der Waals surface area contributed by atoms with E-state index in [1.54, 1.807) is 43.3 Å². The highest BCUT2D eigenvalue weighted by Gasteiger charge is 2.17. The van der Waals surface area contributed by atoms with Crippen LogP contribution in [0.25, 0.3) is 0 Å². The van der Waals surface area contributed by atoms with E-state index >= 15 is 0 Å². The van der Waals surface area contributed by atoms with Gasteiger partial charge in [0.2, 0.25) is 15.9 Å². The van der Waals surface area contributed by atoms with Crippen LogP contribution in [0, 0.1) is 13.8 Å². The van der Waals surface area contributed by atoms with Crippen LogP contribution in [0.4, 0.5) is 5.69 Å². The van der Waals surface area contributed by atoms with Crippen LogP contribution in [0.15, 0.2) is 47.4 Å². The third-order valence-electron chi connectivity index (χ3n) is 3.66. The molecule has 0 radical (unpaired) electrons. The molecule has 0 aromatic heterocycles. The molecule has 0 fully saturated rings. The van der Waals surface area contributed by atoms with Crippen LogP contribution < -0.4 is 14.8 Å². The van der Waals surface area contributed by atoms with Gasteiger partial charge in [-0.3, -0.25) is 4.79 Å². The van der Waals surface area contributed by atoms with Crippen molar-refractivity contribution in [1.29, 1.82) is 0 Å². The second-order valence-corrected chi connectivity index (χ2v) is 7.40. The maximum Gasteiger partial charge on any atom is 0.240 e. The molecule has 0 aliphatic rings. The van der Waals surface area contributed by atoms with Gasteiger partial charge in [0, 0.05) is 13.0 Å². The fourth-order valence-electron chi connectivity index (χ4n) is 2.33. The first kappa shape index (κ1) is 19.0. The molecule has 2 N–H and O–H groups in total. The van der Waals surface area contributed by atoms with Gasteiger partial charge in [-0.15, -0.1) is 0 Å². The predicted octanol–water partition coefficient (Wildman–Crippen LogP) is 2.62. The van der Waals surface area contributed by atoms with E-state index in [0.29, 0.717) is 17.0 Å². The molecule has 0 spiro atoms. The lowest BCUT2D eigenvalue weighted by Crippen LogP contribution is -2.28. The quantitative estimate of drug-likeness (QED) is 0.793. The normalized spacial score (nSPS) is 11.2. The van der Waals surface area contributed by atoms with Gasteiger partial charge in [0.05, 0.1) is 17.7 Å². The molecule has 0 bridgehead atoms. The molecule has 25 heavy (non-hydrogen) atoms. The number of ether oxygens (including phenoxy) is 1. The molecular formula is C18H22N2O4S. The monoisotopic (exact) mass is 362 g/mol. The Kier molecular flexibility index (Phi) is 6.17. The molecule has 0 aliphatic carbocycles. The van der Waals surface area contributed by atoms with Gasteiger partial charge < -0.3 is 10.1 Å². The number of amides is 1. The topological polar surface area (TPSA) is 84.5 Å². The Morgan fingerprint density at radius 3 is 2.56 bits per heavy atom. The van der Waals surface area contributed by atoms with E-state index in [1.807, 2.05) is 13.0 Å². The van der Waals surface area contributed by atoms with Crippen LogP contribution in [0.3, 0.4) is 0 Å². The molecule has 0 saturated carbocycles. The number of anilines is 1. The Hall–Kier alpha value is -2.38. The summed E-state index contributed by atoms with van der Waals surface area (Å²) in [6.45, 7) is 3.58.